The number of benzene rings is 1. The molecule has 1 aromatic carbocycles. The molecule has 66 valence electrons. The van der Waals surface area contributed by atoms with Gasteiger partial charge in [0, 0.05) is 0 Å². The first kappa shape index (κ1) is 8.68. The van der Waals surface area contributed by atoms with Gasteiger partial charge in [0.2, 0.25) is 0 Å². The second-order valence-corrected chi connectivity index (χ2v) is 2.81. The highest BCUT2D eigenvalue weighted by atomic mass is 16.4. The standard InChI is InChI=1S/C9H5BN2O2/c10-5-1-2-6-7(3-5)12-8(4-11-6)9(13)14/h1-4H,(H,13,14). The van der Waals surface area contributed by atoms with E-state index in [-0.39, 0.29) is 5.69 Å². The Bertz CT molecular complexity index is 513. The summed E-state index contributed by atoms with van der Waals surface area (Å²) in [6.45, 7) is 0. The van der Waals surface area contributed by atoms with Crippen molar-refractivity contribution in [3.63, 3.8) is 0 Å². The van der Waals surface area contributed by atoms with Gasteiger partial charge >= 0.3 is 5.97 Å². The zero-order valence-corrected chi connectivity index (χ0v) is 7.14. The molecular formula is C9H5BN2O2. The molecule has 2 rings (SSSR count). The van der Waals surface area contributed by atoms with Crippen molar-refractivity contribution in [3.05, 3.63) is 30.1 Å². The number of nitrogens with zero attached hydrogens (tertiary/aromatic N) is 2. The summed E-state index contributed by atoms with van der Waals surface area (Å²) in [6.07, 6.45) is 1.22. The van der Waals surface area contributed by atoms with E-state index in [2.05, 4.69) is 9.97 Å². The van der Waals surface area contributed by atoms with Crippen molar-refractivity contribution in [1.82, 2.24) is 9.97 Å². The maximum Gasteiger partial charge on any atom is 0.356 e. The van der Waals surface area contributed by atoms with Gasteiger partial charge in [-0.15, -0.1) is 0 Å². The molecule has 0 saturated heterocycles. The van der Waals surface area contributed by atoms with Crippen LogP contribution in [0.15, 0.2) is 24.4 Å². The summed E-state index contributed by atoms with van der Waals surface area (Å²) in [6, 6.07) is 4.98. The fourth-order valence-electron chi connectivity index (χ4n) is 1.13. The number of rotatable bonds is 1. The van der Waals surface area contributed by atoms with Crippen molar-refractivity contribution in [1.29, 1.82) is 0 Å². The van der Waals surface area contributed by atoms with E-state index < -0.39 is 5.97 Å². The minimum atomic E-state index is -1.10. The number of aromatic carboxylic acids is 1. The van der Waals surface area contributed by atoms with Crippen LogP contribution in [0.1, 0.15) is 10.5 Å². The quantitative estimate of drug-likeness (QED) is 0.639. The molecule has 0 fully saturated rings. The van der Waals surface area contributed by atoms with Crippen LogP contribution in [-0.4, -0.2) is 28.9 Å². The molecular weight excluding hydrogens is 179 g/mol. The monoisotopic (exact) mass is 184 g/mol. The Kier molecular flexibility index (Phi) is 1.92. The molecule has 0 saturated carbocycles. The van der Waals surface area contributed by atoms with Crippen LogP contribution in [0.25, 0.3) is 11.0 Å². The van der Waals surface area contributed by atoms with E-state index in [0.717, 1.165) is 0 Å². The van der Waals surface area contributed by atoms with E-state index in [4.69, 9.17) is 13.0 Å². The molecule has 1 N–H and O–H groups in total. The first-order valence-corrected chi connectivity index (χ1v) is 3.92. The highest BCUT2D eigenvalue weighted by Crippen LogP contribution is 2.06. The summed E-state index contributed by atoms with van der Waals surface area (Å²) in [4.78, 5) is 18.4. The summed E-state index contributed by atoms with van der Waals surface area (Å²) in [5.74, 6) is -1.10. The van der Waals surface area contributed by atoms with E-state index >= 15 is 0 Å². The van der Waals surface area contributed by atoms with Gasteiger partial charge in [0.05, 0.1) is 17.2 Å². The van der Waals surface area contributed by atoms with Gasteiger partial charge in [-0.25, -0.2) is 9.78 Å². The summed E-state index contributed by atoms with van der Waals surface area (Å²) in [5, 5.41) is 8.68. The lowest BCUT2D eigenvalue weighted by Crippen LogP contribution is -2.05. The number of fused-ring (bicyclic) bond motifs is 1. The first-order chi connectivity index (χ1) is 6.66. The Morgan fingerprint density at radius 3 is 2.86 bits per heavy atom. The van der Waals surface area contributed by atoms with Gasteiger partial charge in [0.25, 0.3) is 0 Å². The number of aromatic nitrogens is 2. The third-order valence-electron chi connectivity index (χ3n) is 1.79. The highest BCUT2D eigenvalue weighted by molar-refractivity contribution is 6.33. The maximum atomic E-state index is 10.6. The largest absolute Gasteiger partial charge is 0.476 e. The Labute approximate surface area is 81.0 Å². The SMILES string of the molecule is [B]c1ccc2ncc(C(=O)O)nc2c1. The Morgan fingerprint density at radius 1 is 1.36 bits per heavy atom. The molecule has 0 atom stereocenters. The van der Waals surface area contributed by atoms with Crippen LogP contribution in [0.3, 0.4) is 0 Å². The predicted octanol–water partition coefficient (Wildman–Crippen LogP) is 0.122. The van der Waals surface area contributed by atoms with Crippen LogP contribution >= 0.6 is 0 Å². The highest BCUT2D eigenvalue weighted by Gasteiger charge is 2.05. The first-order valence-electron chi connectivity index (χ1n) is 3.92. The molecule has 0 spiro atoms. The molecule has 1 heterocycles. The number of hydrogen-bond acceptors (Lipinski definition) is 3. The van der Waals surface area contributed by atoms with Crippen LogP contribution in [0, 0.1) is 0 Å². The molecule has 14 heavy (non-hydrogen) atoms. The smallest absolute Gasteiger partial charge is 0.356 e. The van der Waals surface area contributed by atoms with Crippen molar-refractivity contribution in [2.24, 2.45) is 0 Å². The molecule has 2 radical (unpaired) electrons. The fraction of sp³-hybridized carbons (Fsp3) is 0. The maximum absolute atomic E-state index is 10.6. The third kappa shape index (κ3) is 1.44. The van der Waals surface area contributed by atoms with Crippen molar-refractivity contribution in [2.45, 2.75) is 0 Å². The minimum Gasteiger partial charge on any atom is -0.476 e. The van der Waals surface area contributed by atoms with Crippen molar-refractivity contribution >= 4 is 30.3 Å². The molecule has 1 aromatic heterocycles. The minimum absolute atomic E-state index is 0.0805. The molecule has 5 heteroatoms. The number of carboxylic acid groups (broad SMARTS) is 1. The number of carbonyl (C=O) groups is 1. The Morgan fingerprint density at radius 2 is 2.14 bits per heavy atom. The van der Waals surface area contributed by atoms with Gasteiger partial charge in [-0.2, -0.15) is 0 Å². The molecule has 0 unspecified atom stereocenters. The van der Waals surface area contributed by atoms with Crippen LogP contribution in [0.4, 0.5) is 0 Å². The van der Waals surface area contributed by atoms with E-state index in [1.807, 2.05) is 0 Å². The van der Waals surface area contributed by atoms with Crippen LogP contribution in [-0.2, 0) is 0 Å². The van der Waals surface area contributed by atoms with Gasteiger partial charge in [-0.3, -0.25) is 4.98 Å². The van der Waals surface area contributed by atoms with Crippen LogP contribution in [0.5, 0.6) is 0 Å². The van der Waals surface area contributed by atoms with Gasteiger partial charge < -0.3 is 5.11 Å². The van der Waals surface area contributed by atoms with Crippen LogP contribution in [0.2, 0.25) is 0 Å². The van der Waals surface area contributed by atoms with Gasteiger partial charge in [-0.05, 0) is 12.1 Å². The molecule has 0 aliphatic heterocycles. The molecule has 0 bridgehead atoms. The van der Waals surface area contributed by atoms with E-state index in [1.54, 1.807) is 18.2 Å². The number of hydrogen-bond donors (Lipinski definition) is 1. The molecule has 0 aliphatic carbocycles. The zero-order valence-electron chi connectivity index (χ0n) is 7.14. The number of carboxylic acids is 1. The van der Waals surface area contributed by atoms with E-state index in [1.165, 1.54) is 6.20 Å². The van der Waals surface area contributed by atoms with Gasteiger partial charge in [0.15, 0.2) is 5.69 Å². The van der Waals surface area contributed by atoms with Crippen molar-refractivity contribution < 1.29 is 9.90 Å². The fourth-order valence-corrected chi connectivity index (χ4v) is 1.13. The second kappa shape index (κ2) is 3.10. The van der Waals surface area contributed by atoms with Crippen LogP contribution < -0.4 is 5.46 Å². The lowest BCUT2D eigenvalue weighted by atomic mass is 9.96. The average Bonchev–Trinajstić information content (AvgIpc) is 2.16. The normalized spacial score (nSPS) is 10.3. The molecule has 0 aliphatic rings. The van der Waals surface area contributed by atoms with E-state index in [0.29, 0.717) is 16.5 Å². The summed E-state index contributed by atoms with van der Waals surface area (Å²) < 4.78 is 0. The van der Waals surface area contributed by atoms with E-state index in [9.17, 15) is 4.79 Å². The topological polar surface area (TPSA) is 63.1 Å². The molecule has 2 aromatic rings. The van der Waals surface area contributed by atoms with Crippen molar-refractivity contribution in [2.75, 3.05) is 0 Å². The van der Waals surface area contributed by atoms with Gasteiger partial charge in [-0.1, -0.05) is 11.5 Å². The Hall–Kier alpha value is -1.91. The lowest BCUT2D eigenvalue weighted by Gasteiger charge is -1.99. The molecule has 0 amide bonds. The predicted molar refractivity (Wildman–Crippen MR) is 51.9 cm³/mol. The summed E-state index contributed by atoms with van der Waals surface area (Å²) >= 11 is 0. The lowest BCUT2D eigenvalue weighted by molar-refractivity contribution is 0.0690. The zero-order chi connectivity index (χ0) is 10.1. The molecule has 4 nitrogen and oxygen atoms in total. The third-order valence-corrected chi connectivity index (χ3v) is 1.79. The summed E-state index contributed by atoms with van der Waals surface area (Å²) in [5.41, 5.74) is 1.58. The second-order valence-electron chi connectivity index (χ2n) is 2.81. The summed E-state index contributed by atoms with van der Waals surface area (Å²) in [7, 11) is 5.53. The van der Waals surface area contributed by atoms with Crippen molar-refractivity contribution in [3.8, 4) is 0 Å². The average molecular weight is 184 g/mol. The van der Waals surface area contributed by atoms with Gasteiger partial charge in [0.1, 0.15) is 7.85 Å². The Balaban J connectivity index is 2.69.